The first-order valence-electron chi connectivity index (χ1n) is 4.08. The Kier molecular flexibility index (Phi) is 1.77. The van der Waals surface area contributed by atoms with Gasteiger partial charge >= 0.3 is 0 Å². The number of rotatable bonds is 0. The summed E-state index contributed by atoms with van der Waals surface area (Å²) in [5, 5.41) is 9.28. The molecule has 13 heavy (non-hydrogen) atoms. The molecule has 68 valence electrons. The molecule has 1 aromatic heterocycles. The number of aliphatic hydroxyl groups excluding tert-OH is 1. The van der Waals surface area contributed by atoms with E-state index >= 15 is 0 Å². The maximum absolute atomic E-state index is 11.3. The van der Waals surface area contributed by atoms with Gasteiger partial charge in [0.15, 0.2) is 11.2 Å². The van der Waals surface area contributed by atoms with E-state index in [4.69, 9.17) is 0 Å². The first-order chi connectivity index (χ1) is 6.16. The van der Waals surface area contributed by atoms with Crippen LogP contribution in [0.4, 0.5) is 0 Å². The number of aromatic nitrogens is 1. The number of hydrogen-bond acceptors (Lipinski definition) is 3. The van der Waals surface area contributed by atoms with Crippen LogP contribution in [-0.2, 0) is 6.54 Å². The number of hydrogen-bond donors (Lipinski definition) is 1. The Morgan fingerprint density at radius 3 is 3.00 bits per heavy atom. The van der Waals surface area contributed by atoms with E-state index in [2.05, 4.69) is 0 Å². The van der Waals surface area contributed by atoms with Crippen LogP contribution in [0.3, 0.4) is 0 Å². The summed E-state index contributed by atoms with van der Waals surface area (Å²) in [5.74, 6) is -0.170. The fraction of sp³-hybridized carbons (Fsp3) is 0.333. The highest BCUT2D eigenvalue weighted by atomic mass is 16.3. The van der Waals surface area contributed by atoms with Gasteiger partial charge in [-0.3, -0.25) is 9.59 Å². The molecule has 1 N–H and O–H groups in total. The van der Waals surface area contributed by atoms with Crippen molar-refractivity contribution in [1.82, 2.24) is 4.57 Å². The summed E-state index contributed by atoms with van der Waals surface area (Å²) in [5.41, 5.74) is 0.230. The van der Waals surface area contributed by atoms with Gasteiger partial charge in [0.1, 0.15) is 0 Å². The highest BCUT2D eigenvalue weighted by molar-refractivity contribution is 5.95. The van der Waals surface area contributed by atoms with E-state index in [0.717, 1.165) is 0 Å². The predicted octanol–water partition coefficient (Wildman–Crippen LogP) is -0.204. The van der Waals surface area contributed by atoms with Crippen molar-refractivity contribution in [3.63, 3.8) is 0 Å². The van der Waals surface area contributed by atoms with Crippen molar-refractivity contribution in [3.05, 3.63) is 34.2 Å². The first kappa shape index (κ1) is 8.19. The van der Waals surface area contributed by atoms with E-state index in [9.17, 15) is 14.7 Å². The molecule has 0 radical (unpaired) electrons. The average molecular weight is 179 g/mol. The number of ketones is 1. The number of carbonyl (C=O) groups is 1. The normalized spacial score (nSPS) is 21.3. The van der Waals surface area contributed by atoms with Gasteiger partial charge in [-0.05, 0) is 0 Å². The summed E-state index contributed by atoms with van der Waals surface area (Å²) in [7, 11) is 0. The highest BCUT2D eigenvalue weighted by Gasteiger charge is 2.22. The molecule has 0 amide bonds. The van der Waals surface area contributed by atoms with Gasteiger partial charge in [-0.15, -0.1) is 0 Å². The number of carbonyl (C=O) groups excluding carboxylic acids is 1. The maximum atomic E-state index is 11.3. The monoisotopic (exact) mass is 179 g/mol. The molecule has 0 saturated heterocycles. The van der Waals surface area contributed by atoms with Crippen molar-refractivity contribution in [2.75, 3.05) is 0 Å². The molecule has 0 bridgehead atoms. The highest BCUT2D eigenvalue weighted by Crippen LogP contribution is 2.12. The zero-order valence-electron chi connectivity index (χ0n) is 6.93. The van der Waals surface area contributed by atoms with Crippen molar-refractivity contribution in [2.24, 2.45) is 0 Å². The van der Waals surface area contributed by atoms with Gasteiger partial charge in [-0.1, -0.05) is 0 Å². The second kappa shape index (κ2) is 2.81. The maximum Gasteiger partial charge on any atom is 0.182 e. The third-order valence-electron chi connectivity index (χ3n) is 2.12. The molecule has 4 nitrogen and oxygen atoms in total. The lowest BCUT2D eigenvalue weighted by Crippen LogP contribution is -2.30. The molecule has 2 heterocycles. The van der Waals surface area contributed by atoms with Crippen molar-refractivity contribution in [2.45, 2.75) is 19.1 Å². The molecule has 1 aliphatic rings. The minimum atomic E-state index is -0.623. The van der Waals surface area contributed by atoms with Gasteiger partial charge in [-0.25, -0.2) is 0 Å². The molecule has 1 atom stereocenters. The second-order valence-corrected chi connectivity index (χ2v) is 3.18. The van der Waals surface area contributed by atoms with E-state index in [-0.39, 0.29) is 17.6 Å². The molecular formula is C9H9NO3. The van der Waals surface area contributed by atoms with Gasteiger partial charge in [-0.2, -0.15) is 0 Å². The zero-order valence-corrected chi connectivity index (χ0v) is 6.93. The first-order valence-corrected chi connectivity index (χ1v) is 4.08. The second-order valence-electron chi connectivity index (χ2n) is 3.18. The van der Waals surface area contributed by atoms with Crippen molar-refractivity contribution in [1.29, 1.82) is 0 Å². The Morgan fingerprint density at radius 2 is 2.23 bits per heavy atom. The SMILES string of the molecule is O=C1CC(O)Cn2ccc(=O)cc21. The van der Waals surface area contributed by atoms with Crippen LogP contribution in [0.2, 0.25) is 0 Å². The van der Waals surface area contributed by atoms with E-state index in [1.807, 2.05) is 0 Å². The zero-order chi connectivity index (χ0) is 9.42. The van der Waals surface area contributed by atoms with Crippen LogP contribution < -0.4 is 5.43 Å². The van der Waals surface area contributed by atoms with Crippen LogP contribution in [0.15, 0.2) is 23.1 Å². The van der Waals surface area contributed by atoms with Gasteiger partial charge in [0.2, 0.25) is 0 Å². The predicted molar refractivity (Wildman–Crippen MR) is 45.7 cm³/mol. The lowest BCUT2D eigenvalue weighted by Gasteiger charge is -2.21. The van der Waals surface area contributed by atoms with Crippen LogP contribution in [-0.4, -0.2) is 21.6 Å². The quantitative estimate of drug-likeness (QED) is 0.599. The molecule has 0 fully saturated rings. The fourth-order valence-corrected chi connectivity index (χ4v) is 1.52. The molecule has 1 unspecified atom stereocenters. The number of pyridine rings is 1. The van der Waals surface area contributed by atoms with Crippen molar-refractivity contribution in [3.8, 4) is 0 Å². The molecule has 1 aliphatic heterocycles. The summed E-state index contributed by atoms with van der Waals surface area (Å²) in [6.45, 7) is 0.390. The molecule has 4 heteroatoms. The lowest BCUT2D eigenvalue weighted by molar-refractivity contribution is 0.0780. The molecule has 0 saturated carbocycles. The molecular weight excluding hydrogens is 170 g/mol. The molecule has 1 aromatic rings. The van der Waals surface area contributed by atoms with E-state index in [1.54, 1.807) is 4.57 Å². The Bertz CT molecular complexity index is 408. The molecule has 2 rings (SSSR count). The number of nitrogens with zero attached hydrogens (tertiary/aromatic N) is 1. The van der Waals surface area contributed by atoms with E-state index in [0.29, 0.717) is 12.2 Å². The van der Waals surface area contributed by atoms with Gasteiger partial charge in [0.05, 0.1) is 11.8 Å². The summed E-state index contributed by atoms with van der Waals surface area (Å²) >= 11 is 0. The molecule has 0 spiro atoms. The van der Waals surface area contributed by atoms with Crippen LogP contribution in [0, 0.1) is 0 Å². The van der Waals surface area contributed by atoms with Crippen LogP contribution in [0.25, 0.3) is 0 Å². The van der Waals surface area contributed by atoms with Crippen LogP contribution >= 0.6 is 0 Å². The number of Topliss-reactive ketones (excluding diaryl/α,β-unsaturated/α-hetero) is 1. The largest absolute Gasteiger partial charge is 0.391 e. The van der Waals surface area contributed by atoms with Crippen LogP contribution in [0.5, 0.6) is 0 Å². The minimum absolute atomic E-state index is 0.115. The average Bonchev–Trinajstić information content (AvgIpc) is 2.06. The van der Waals surface area contributed by atoms with Crippen molar-refractivity contribution < 1.29 is 9.90 Å². The minimum Gasteiger partial charge on any atom is -0.391 e. The number of aliphatic hydroxyl groups is 1. The fourth-order valence-electron chi connectivity index (χ4n) is 1.52. The Hall–Kier alpha value is -1.42. The summed E-state index contributed by atoms with van der Waals surface area (Å²) < 4.78 is 1.61. The van der Waals surface area contributed by atoms with Gasteiger partial charge < -0.3 is 9.67 Å². The molecule has 0 aromatic carbocycles. The van der Waals surface area contributed by atoms with E-state index in [1.165, 1.54) is 18.3 Å². The Balaban J connectivity index is 2.56. The smallest absolute Gasteiger partial charge is 0.182 e. The summed E-state index contributed by atoms with van der Waals surface area (Å²) in [6, 6.07) is 2.70. The Labute approximate surface area is 74.4 Å². The van der Waals surface area contributed by atoms with Crippen molar-refractivity contribution >= 4 is 5.78 Å². The Morgan fingerprint density at radius 1 is 1.46 bits per heavy atom. The lowest BCUT2D eigenvalue weighted by atomic mass is 10.0. The summed E-state index contributed by atoms with van der Waals surface area (Å²) in [4.78, 5) is 22.3. The van der Waals surface area contributed by atoms with Gasteiger partial charge in [0.25, 0.3) is 0 Å². The van der Waals surface area contributed by atoms with Gasteiger partial charge in [0, 0.05) is 31.3 Å². The third kappa shape index (κ3) is 1.40. The third-order valence-corrected chi connectivity index (χ3v) is 2.12. The summed E-state index contributed by atoms with van der Waals surface area (Å²) in [6.07, 6.45) is 1.03. The molecule has 0 aliphatic carbocycles. The number of fused-ring (bicyclic) bond motifs is 1. The van der Waals surface area contributed by atoms with Crippen LogP contribution in [0.1, 0.15) is 16.9 Å². The topological polar surface area (TPSA) is 59.3 Å². The van der Waals surface area contributed by atoms with E-state index < -0.39 is 6.10 Å². The standard InChI is InChI=1S/C9H9NO3/c11-6-1-2-10-5-7(12)4-9(13)8(10)3-6/h1-3,7,12H,4-5H2.